The summed E-state index contributed by atoms with van der Waals surface area (Å²) >= 11 is 0. The maximum absolute atomic E-state index is 10.1. The van der Waals surface area contributed by atoms with Gasteiger partial charge in [-0.3, -0.25) is 0 Å². The smallest absolute Gasteiger partial charge is 0.105 e. The number of ether oxygens (including phenoxy) is 1. The molecule has 1 aromatic rings. The van der Waals surface area contributed by atoms with Crippen molar-refractivity contribution in [3.8, 4) is 0 Å². The Bertz CT molecular complexity index is 297. The lowest BCUT2D eigenvalue weighted by atomic mass is 10.1. The number of rotatable bonds is 9. The fraction of sp³-hybridized carbons (Fsp3) is 0.625. The highest BCUT2D eigenvalue weighted by Crippen LogP contribution is 2.18. The molecular weight excluding hydrogens is 224 g/mol. The Hall–Kier alpha value is -0.860. The SMILES string of the molecule is CCCCCCCOC(C)C(O)c1ccccc1. The summed E-state index contributed by atoms with van der Waals surface area (Å²) in [6, 6.07) is 9.71. The van der Waals surface area contributed by atoms with Crippen LogP contribution in [0.3, 0.4) is 0 Å². The van der Waals surface area contributed by atoms with Gasteiger partial charge in [0.05, 0.1) is 6.10 Å². The van der Waals surface area contributed by atoms with Crippen molar-refractivity contribution in [3.63, 3.8) is 0 Å². The molecule has 0 aliphatic heterocycles. The molecule has 0 saturated carbocycles. The van der Waals surface area contributed by atoms with Gasteiger partial charge in [-0.05, 0) is 18.9 Å². The standard InChI is InChI=1S/C16H26O2/c1-3-4-5-6-10-13-18-14(2)16(17)15-11-8-7-9-12-15/h7-9,11-12,14,16-17H,3-6,10,13H2,1-2H3. The van der Waals surface area contributed by atoms with Crippen molar-refractivity contribution in [2.75, 3.05) is 6.61 Å². The molecule has 0 amide bonds. The van der Waals surface area contributed by atoms with Crippen LogP contribution in [-0.2, 0) is 4.74 Å². The molecule has 2 atom stereocenters. The summed E-state index contributed by atoms with van der Waals surface area (Å²) in [7, 11) is 0. The van der Waals surface area contributed by atoms with Crippen LogP contribution >= 0.6 is 0 Å². The molecule has 0 fully saturated rings. The molecule has 0 heterocycles. The third-order valence-electron chi connectivity index (χ3n) is 3.21. The minimum absolute atomic E-state index is 0.140. The first kappa shape index (κ1) is 15.2. The van der Waals surface area contributed by atoms with Crippen LogP contribution in [0, 0.1) is 0 Å². The van der Waals surface area contributed by atoms with Crippen LogP contribution in [0.15, 0.2) is 30.3 Å². The van der Waals surface area contributed by atoms with E-state index in [0.29, 0.717) is 0 Å². The van der Waals surface area contributed by atoms with E-state index in [2.05, 4.69) is 6.92 Å². The Balaban J connectivity index is 2.18. The van der Waals surface area contributed by atoms with Gasteiger partial charge in [0.2, 0.25) is 0 Å². The van der Waals surface area contributed by atoms with Gasteiger partial charge in [-0.2, -0.15) is 0 Å². The fourth-order valence-corrected chi connectivity index (χ4v) is 1.99. The number of unbranched alkanes of at least 4 members (excludes halogenated alkanes) is 4. The van der Waals surface area contributed by atoms with E-state index in [1.807, 2.05) is 37.3 Å². The van der Waals surface area contributed by atoms with Crippen LogP contribution in [0.2, 0.25) is 0 Å². The van der Waals surface area contributed by atoms with Gasteiger partial charge in [-0.25, -0.2) is 0 Å². The lowest BCUT2D eigenvalue weighted by molar-refractivity contribution is -0.0291. The first-order chi connectivity index (χ1) is 8.75. The Morgan fingerprint density at radius 3 is 2.39 bits per heavy atom. The van der Waals surface area contributed by atoms with E-state index in [1.54, 1.807) is 0 Å². The van der Waals surface area contributed by atoms with E-state index in [0.717, 1.165) is 18.6 Å². The Labute approximate surface area is 111 Å². The van der Waals surface area contributed by atoms with Crippen LogP contribution in [0.25, 0.3) is 0 Å². The van der Waals surface area contributed by atoms with Crippen molar-refractivity contribution in [2.45, 2.75) is 58.2 Å². The van der Waals surface area contributed by atoms with Gasteiger partial charge in [0.1, 0.15) is 6.10 Å². The summed E-state index contributed by atoms with van der Waals surface area (Å²) in [5.74, 6) is 0. The highest BCUT2D eigenvalue weighted by molar-refractivity contribution is 5.18. The van der Waals surface area contributed by atoms with E-state index in [4.69, 9.17) is 4.74 Å². The molecule has 0 aliphatic rings. The first-order valence-corrected chi connectivity index (χ1v) is 7.10. The Morgan fingerprint density at radius 1 is 1.06 bits per heavy atom. The summed E-state index contributed by atoms with van der Waals surface area (Å²) in [5.41, 5.74) is 0.927. The number of benzene rings is 1. The fourth-order valence-electron chi connectivity index (χ4n) is 1.99. The van der Waals surface area contributed by atoms with Gasteiger partial charge in [0.15, 0.2) is 0 Å². The molecule has 0 aromatic heterocycles. The predicted octanol–water partition coefficient (Wildman–Crippen LogP) is 4.10. The molecule has 2 nitrogen and oxygen atoms in total. The second-order valence-corrected chi connectivity index (χ2v) is 4.85. The molecule has 1 N–H and O–H groups in total. The summed E-state index contributed by atoms with van der Waals surface area (Å²) in [6.45, 7) is 4.90. The lowest BCUT2D eigenvalue weighted by Crippen LogP contribution is -2.19. The van der Waals surface area contributed by atoms with E-state index in [-0.39, 0.29) is 6.10 Å². The second-order valence-electron chi connectivity index (χ2n) is 4.85. The monoisotopic (exact) mass is 250 g/mol. The van der Waals surface area contributed by atoms with E-state index < -0.39 is 6.10 Å². The predicted molar refractivity (Wildman–Crippen MR) is 75.6 cm³/mol. The summed E-state index contributed by atoms with van der Waals surface area (Å²) in [4.78, 5) is 0. The highest BCUT2D eigenvalue weighted by atomic mass is 16.5. The van der Waals surface area contributed by atoms with Crippen LogP contribution in [0.5, 0.6) is 0 Å². The topological polar surface area (TPSA) is 29.5 Å². The molecule has 0 spiro atoms. The van der Waals surface area contributed by atoms with Crippen molar-refractivity contribution in [1.82, 2.24) is 0 Å². The van der Waals surface area contributed by atoms with Crippen molar-refractivity contribution >= 4 is 0 Å². The number of hydrogen-bond donors (Lipinski definition) is 1. The maximum atomic E-state index is 10.1. The third-order valence-corrected chi connectivity index (χ3v) is 3.21. The first-order valence-electron chi connectivity index (χ1n) is 7.10. The number of aliphatic hydroxyl groups is 1. The van der Waals surface area contributed by atoms with Crippen molar-refractivity contribution < 1.29 is 9.84 Å². The zero-order chi connectivity index (χ0) is 13.2. The average molecular weight is 250 g/mol. The van der Waals surface area contributed by atoms with Gasteiger partial charge >= 0.3 is 0 Å². The van der Waals surface area contributed by atoms with Crippen LogP contribution < -0.4 is 0 Å². The van der Waals surface area contributed by atoms with Crippen molar-refractivity contribution in [3.05, 3.63) is 35.9 Å². The zero-order valence-corrected chi connectivity index (χ0v) is 11.6. The summed E-state index contributed by atoms with van der Waals surface area (Å²) < 4.78 is 5.69. The maximum Gasteiger partial charge on any atom is 0.105 e. The molecular formula is C16H26O2. The molecule has 0 aliphatic carbocycles. The molecule has 1 rings (SSSR count). The van der Waals surface area contributed by atoms with Crippen molar-refractivity contribution in [1.29, 1.82) is 0 Å². The van der Waals surface area contributed by atoms with Crippen LogP contribution in [0.1, 0.15) is 57.6 Å². The second kappa shape index (κ2) is 9.12. The lowest BCUT2D eigenvalue weighted by Gasteiger charge is -2.19. The summed E-state index contributed by atoms with van der Waals surface area (Å²) in [5, 5.41) is 10.1. The quantitative estimate of drug-likeness (QED) is 0.669. The van der Waals surface area contributed by atoms with Gasteiger partial charge < -0.3 is 9.84 Å². The molecule has 0 saturated heterocycles. The Kier molecular flexibility index (Phi) is 7.70. The average Bonchev–Trinajstić information content (AvgIpc) is 2.42. The minimum Gasteiger partial charge on any atom is -0.386 e. The zero-order valence-electron chi connectivity index (χ0n) is 11.6. The van der Waals surface area contributed by atoms with Gasteiger partial charge in [0.25, 0.3) is 0 Å². The number of hydrogen-bond acceptors (Lipinski definition) is 2. The minimum atomic E-state index is -0.526. The molecule has 2 heteroatoms. The molecule has 102 valence electrons. The highest BCUT2D eigenvalue weighted by Gasteiger charge is 2.16. The summed E-state index contributed by atoms with van der Waals surface area (Å²) in [6.07, 6.45) is 5.51. The van der Waals surface area contributed by atoms with Crippen LogP contribution in [-0.4, -0.2) is 17.8 Å². The third kappa shape index (κ3) is 5.65. The van der Waals surface area contributed by atoms with Crippen molar-refractivity contribution in [2.24, 2.45) is 0 Å². The molecule has 0 radical (unpaired) electrons. The van der Waals surface area contributed by atoms with Gasteiger partial charge in [-0.1, -0.05) is 62.9 Å². The van der Waals surface area contributed by atoms with E-state index >= 15 is 0 Å². The van der Waals surface area contributed by atoms with E-state index in [1.165, 1.54) is 25.7 Å². The number of aliphatic hydroxyl groups excluding tert-OH is 1. The molecule has 2 unspecified atom stereocenters. The largest absolute Gasteiger partial charge is 0.386 e. The van der Waals surface area contributed by atoms with Gasteiger partial charge in [-0.15, -0.1) is 0 Å². The van der Waals surface area contributed by atoms with Gasteiger partial charge in [0, 0.05) is 6.61 Å². The molecule has 1 aromatic carbocycles. The Morgan fingerprint density at radius 2 is 1.72 bits per heavy atom. The molecule has 18 heavy (non-hydrogen) atoms. The normalized spacial score (nSPS) is 14.4. The molecule has 0 bridgehead atoms. The van der Waals surface area contributed by atoms with E-state index in [9.17, 15) is 5.11 Å². The van der Waals surface area contributed by atoms with Crippen LogP contribution in [0.4, 0.5) is 0 Å².